The summed E-state index contributed by atoms with van der Waals surface area (Å²) >= 11 is 7.26. The number of carbonyl (C=O) groups is 3. The molecule has 0 aromatic rings. The van der Waals surface area contributed by atoms with Gasteiger partial charge in [0, 0.05) is 23.2 Å². The summed E-state index contributed by atoms with van der Waals surface area (Å²) < 4.78 is 21.2. The standard InChI is InChI=1S/C24H30ClFO6/c1-5-19(29)32-24(20(30)31)12(2)8-14-15-10-17(26)16-9-13(27)6-7-21(16,3)23(15,25)18(28)11-22(14,24)4/h6-7,9,12,14-15,17-18,28H,5,8,10-11H2,1-4H3,(H,30,31)/t12-,14-,15-,17-,18-,21-,22-,23-,24+/m0/s1. The van der Waals surface area contributed by atoms with Crippen molar-refractivity contribution in [3.63, 3.8) is 0 Å². The molecule has 3 fully saturated rings. The van der Waals surface area contributed by atoms with Crippen molar-refractivity contribution >= 4 is 29.3 Å². The number of fused-ring (bicyclic) bond motifs is 5. The Morgan fingerprint density at radius 3 is 2.53 bits per heavy atom. The van der Waals surface area contributed by atoms with E-state index in [4.69, 9.17) is 16.3 Å². The second kappa shape index (κ2) is 7.13. The molecule has 9 atom stereocenters. The fourth-order valence-electron chi connectivity index (χ4n) is 7.49. The van der Waals surface area contributed by atoms with Crippen molar-refractivity contribution in [2.24, 2.45) is 28.6 Å². The molecule has 0 bridgehead atoms. The Morgan fingerprint density at radius 1 is 1.28 bits per heavy atom. The lowest BCUT2D eigenvalue weighted by Gasteiger charge is -2.64. The molecule has 0 radical (unpaired) electrons. The third kappa shape index (κ3) is 2.58. The summed E-state index contributed by atoms with van der Waals surface area (Å²) in [6.45, 7) is 6.78. The van der Waals surface area contributed by atoms with Crippen LogP contribution in [0, 0.1) is 28.6 Å². The highest BCUT2D eigenvalue weighted by molar-refractivity contribution is 6.26. The second-order valence-electron chi connectivity index (χ2n) is 10.4. The minimum atomic E-state index is -1.84. The van der Waals surface area contributed by atoms with E-state index in [-0.39, 0.29) is 30.6 Å². The van der Waals surface area contributed by atoms with Gasteiger partial charge in [0.2, 0.25) is 5.60 Å². The van der Waals surface area contributed by atoms with Gasteiger partial charge in [-0.2, -0.15) is 0 Å². The van der Waals surface area contributed by atoms with Crippen LogP contribution in [-0.4, -0.2) is 50.7 Å². The zero-order chi connectivity index (χ0) is 23.9. The Hall–Kier alpha value is -1.73. The molecule has 4 aliphatic carbocycles. The number of esters is 1. The minimum absolute atomic E-state index is 0.0194. The number of carboxylic acids is 1. The molecule has 0 aromatic heterocycles. The van der Waals surface area contributed by atoms with Gasteiger partial charge < -0.3 is 14.9 Å². The molecule has 0 aliphatic heterocycles. The summed E-state index contributed by atoms with van der Waals surface area (Å²) in [4.78, 5) is 35.6. The van der Waals surface area contributed by atoms with Crippen molar-refractivity contribution in [2.75, 3.05) is 0 Å². The quantitative estimate of drug-likeness (QED) is 0.485. The molecule has 176 valence electrons. The van der Waals surface area contributed by atoms with E-state index in [2.05, 4.69) is 0 Å². The molecule has 4 aliphatic rings. The van der Waals surface area contributed by atoms with E-state index in [1.165, 1.54) is 12.2 Å². The van der Waals surface area contributed by atoms with Crippen LogP contribution in [0.15, 0.2) is 23.8 Å². The number of ketones is 1. The summed E-state index contributed by atoms with van der Waals surface area (Å²) in [6, 6.07) is 0. The first kappa shape index (κ1) is 23.4. The second-order valence-corrected chi connectivity index (χ2v) is 11.0. The van der Waals surface area contributed by atoms with E-state index in [1.807, 2.05) is 0 Å². The van der Waals surface area contributed by atoms with Gasteiger partial charge in [0.1, 0.15) is 6.17 Å². The third-order valence-corrected chi connectivity index (χ3v) is 9.97. The van der Waals surface area contributed by atoms with Crippen LogP contribution in [0.25, 0.3) is 0 Å². The molecule has 32 heavy (non-hydrogen) atoms. The van der Waals surface area contributed by atoms with Crippen molar-refractivity contribution < 1.29 is 33.7 Å². The molecule has 0 saturated heterocycles. The van der Waals surface area contributed by atoms with Gasteiger partial charge in [0.15, 0.2) is 5.78 Å². The average Bonchev–Trinajstić information content (AvgIpc) is 2.93. The number of allylic oxidation sites excluding steroid dienone is 4. The van der Waals surface area contributed by atoms with E-state index in [0.29, 0.717) is 6.42 Å². The highest BCUT2D eigenvalue weighted by Gasteiger charge is 2.77. The van der Waals surface area contributed by atoms with Gasteiger partial charge >= 0.3 is 11.9 Å². The van der Waals surface area contributed by atoms with Crippen molar-refractivity contribution in [3.8, 4) is 0 Å². The van der Waals surface area contributed by atoms with E-state index in [0.717, 1.165) is 0 Å². The van der Waals surface area contributed by atoms with Crippen molar-refractivity contribution in [2.45, 2.75) is 76.1 Å². The smallest absolute Gasteiger partial charge is 0.349 e. The average molecular weight is 469 g/mol. The molecule has 6 nitrogen and oxygen atoms in total. The molecule has 3 saturated carbocycles. The molecule has 4 rings (SSSR count). The summed E-state index contributed by atoms with van der Waals surface area (Å²) in [5, 5.41) is 21.8. The van der Waals surface area contributed by atoms with E-state index in [9.17, 15) is 24.6 Å². The van der Waals surface area contributed by atoms with Gasteiger partial charge in [-0.15, -0.1) is 11.6 Å². The number of carbonyl (C=O) groups excluding carboxylic acids is 2. The fraction of sp³-hybridized carbons (Fsp3) is 0.708. The number of halogens is 2. The zero-order valence-corrected chi connectivity index (χ0v) is 19.5. The lowest BCUT2D eigenvalue weighted by Crippen LogP contribution is -2.70. The normalized spacial score (nSPS) is 49.5. The van der Waals surface area contributed by atoms with Gasteiger partial charge in [-0.3, -0.25) is 9.59 Å². The molecule has 0 spiro atoms. The number of hydrogen-bond donors (Lipinski definition) is 2. The first-order valence-electron chi connectivity index (χ1n) is 11.2. The Labute approximate surface area is 191 Å². The molecular formula is C24H30ClFO6. The van der Waals surface area contributed by atoms with Crippen molar-refractivity contribution in [1.82, 2.24) is 0 Å². The molecule has 0 unspecified atom stereocenters. The highest BCUT2D eigenvalue weighted by Crippen LogP contribution is 2.72. The van der Waals surface area contributed by atoms with Crippen LogP contribution in [-0.2, 0) is 19.1 Å². The van der Waals surface area contributed by atoms with Crippen molar-refractivity contribution in [3.05, 3.63) is 23.8 Å². The maximum Gasteiger partial charge on any atom is 0.349 e. The minimum Gasteiger partial charge on any atom is -0.478 e. The van der Waals surface area contributed by atoms with E-state index in [1.54, 1.807) is 33.8 Å². The summed E-state index contributed by atoms with van der Waals surface area (Å²) in [6.07, 6.45) is 1.88. The van der Waals surface area contributed by atoms with Gasteiger partial charge in [-0.25, -0.2) is 9.18 Å². The van der Waals surface area contributed by atoms with Crippen molar-refractivity contribution in [1.29, 1.82) is 0 Å². The molecule has 0 heterocycles. The van der Waals surface area contributed by atoms with Crippen LogP contribution >= 0.6 is 11.6 Å². The van der Waals surface area contributed by atoms with E-state index >= 15 is 4.39 Å². The summed E-state index contributed by atoms with van der Waals surface area (Å²) in [7, 11) is 0. The first-order valence-corrected chi connectivity index (χ1v) is 11.6. The monoisotopic (exact) mass is 468 g/mol. The molecule has 0 aromatic carbocycles. The van der Waals surface area contributed by atoms with Crippen LogP contribution in [0.1, 0.15) is 53.4 Å². The number of alkyl halides is 2. The maximum absolute atomic E-state index is 15.5. The van der Waals surface area contributed by atoms with Crippen LogP contribution in [0.5, 0.6) is 0 Å². The van der Waals surface area contributed by atoms with Crippen LogP contribution in [0.2, 0.25) is 0 Å². The number of carboxylic acid groups (broad SMARTS) is 1. The third-order valence-electron chi connectivity index (χ3n) is 9.05. The molecule has 2 N–H and O–H groups in total. The zero-order valence-electron chi connectivity index (χ0n) is 18.7. The van der Waals surface area contributed by atoms with E-state index < -0.39 is 63.3 Å². The van der Waals surface area contributed by atoms with Gasteiger partial charge in [0.25, 0.3) is 0 Å². The maximum atomic E-state index is 15.5. The van der Waals surface area contributed by atoms with Gasteiger partial charge in [-0.1, -0.05) is 33.8 Å². The number of aliphatic carboxylic acids is 1. The number of hydrogen-bond acceptors (Lipinski definition) is 5. The fourth-order valence-corrected chi connectivity index (χ4v) is 7.98. The number of aliphatic hydroxyl groups is 1. The molecular weight excluding hydrogens is 439 g/mol. The lowest BCUT2D eigenvalue weighted by molar-refractivity contribution is -0.213. The SMILES string of the molecule is CCC(=O)O[C@@]1(C(=O)O)[C@@H](C)C[C@H]2[C@@H]3C[C@H](F)C4=CC(=O)C=C[C@]4(C)[C@@]3(Cl)[C@@H](O)C[C@@]21C. The Kier molecular flexibility index (Phi) is 5.22. The number of rotatable bonds is 3. The number of ether oxygens (including phenoxy) is 1. The Morgan fingerprint density at radius 2 is 1.94 bits per heavy atom. The Balaban J connectivity index is 1.87. The predicted octanol–water partition coefficient (Wildman–Crippen LogP) is 3.60. The molecule has 8 heteroatoms. The summed E-state index contributed by atoms with van der Waals surface area (Å²) in [5.74, 6) is -3.74. The number of aliphatic hydroxyl groups excluding tert-OH is 1. The topological polar surface area (TPSA) is 101 Å². The summed E-state index contributed by atoms with van der Waals surface area (Å²) in [5.41, 5.74) is -3.84. The Bertz CT molecular complexity index is 947. The van der Waals surface area contributed by atoms with Crippen LogP contribution < -0.4 is 0 Å². The largest absolute Gasteiger partial charge is 0.478 e. The van der Waals surface area contributed by atoms with Crippen LogP contribution in [0.4, 0.5) is 4.39 Å². The molecule has 0 amide bonds. The predicted molar refractivity (Wildman–Crippen MR) is 115 cm³/mol. The highest BCUT2D eigenvalue weighted by atomic mass is 35.5. The lowest BCUT2D eigenvalue weighted by atomic mass is 9.45. The van der Waals surface area contributed by atoms with Crippen LogP contribution in [0.3, 0.4) is 0 Å². The first-order chi connectivity index (χ1) is 14.8. The van der Waals surface area contributed by atoms with Gasteiger partial charge in [0.05, 0.1) is 11.0 Å². The van der Waals surface area contributed by atoms with Gasteiger partial charge in [-0.05, 0) is 48.8 Å².